The maximum Gasteiger partial charge on any atom is 0.129 e. The van der Waals surface area contributed by atoms with Crippen molar-refractivity contribution >= 4 is 34.1 Å². The minimum Gasteiger partial charge on any atom is -0.496 e. The van der Waals surface area contributed by atoms with Gasteiger partial charge in [0.25, 0.3) is 0 Å². The van der Waals surface area contributed by atoms with E-state index in [2.05, 4.69) is 4.98 Å². The van der Waals surface area contributed by atoms with Crippen LogP contribution in [0.5, 0.6) is 5.75 Å². The average Bonchev–Trinajstić information content (AvgIpc) is 2.24. The van der Waals surface area contributed by atoms with E-state index in [1.165, 1.54) is 0 Å². The van der Waals surface area contributed by atoms with E-state index in [1.807, 2.05) is 6.92 Å². The minimum atomic E-state index is 0.577. The van der Waals surface area contributed by atoms with Crippen molar-refractivity contribution in [2.75, 3.05) is 7.11 Å². The zero-order chi connectivity index (χ0) is 11.0. The van der Waals surface area contributed by atoms with Gasteiger partial charge in [0.1, 0.15) is 5.75 Å². The fraction of sp³-hybridized carbons (Fsp3) is 0.182. The summed E-state index contributed by atoms with van der Waals surface area (Å²) in [4.78, 5) is 4.25. The molecule has 0 N–H and O–H groups in total. The first-order chi connectivity index (χ1) is 7.15. The van der Waals surface area contributed by atoms with Crippen LogP contribution in [0.1, 0.15) is 5.56 Å². The summed E-state index contributed by atoms with van der Waals surface area (Å²) in [5.74, 6) is 0.690. The van der Waals surface area contributed by atoms with Crippen molar-refractivity contribution in [3.05, 3.63) is 33.9 Å². The van der Waals surface area contributed by atoms with Crippen molar-refractivity contribution in [3.63, 3.8) is 0 Å². The van der Waals surface area contributed by atoms with Crippen LogP contribution in [0.15, 0.2) is 18.3 Å². The third kappa shape index (κ3) is 1.64. The third-order valence-corrected chi connectivity index (χ3v) is 3.06. The van der Waals surface area contributed by atoms with Crippen LogP contribution in [-0.2, 0) is 0 Å². The van der Waals surface area contributed by atoms with Gasteiger partial charge in [0.2, 0.25) is 0 Å². The summed E-state index contributed by atoms with van der Waals surface area (Å²) >= 11 is 12.2. The number of methoxy groups -OCH3 is 1. The molecule has 2 aromatic rings. The number of fused-ring (bicyclic) bond motifs is 1. The lowest BCUT2D eigenvalue weighted by Gasteiger charge is -2.09. The van der Waals surface area contributed by atoms with E-state index in [9.17, 15) is 0 Å². The highest BCUT2D eigenvalue weighted by molar-refractivity contribution is 6.40. The summed E-state index contributed by atoms with van der Waals surface area (Å²) in [6.45, 7) is 1.90. The highest BCUT2D eigenvalue weighted by Crippen LogP contribution is 2.36. The summed E-state index contributed by atoms with van der Waals surface area (Å²) in [6.07, 6.45) is 1.70. The number of aromatic nitrogens is 1. The number of halogens is 2. The standard InChI is InChI=1S/C11H9Cl2NO/c1-6-5-14-11-7(12)3-4-8(15-2)9(11)10(6)13/h3-5H,1-2H3. The molecule has 1 aromatic heterocycles. The number of hydrogen-bond acceptors (Lipinski definition) is 2. The molecule has 4 heteroatoms. The van der Waals surface area contributed by atoms with Gasteiger partial charge in [0.05, 0.1) is 28.1 Å². The first-order valence-corrected chi connectivity index (χ1v) is 5.18. The molecule has 0 atom stereocenters. The van der Waals surface area contributed by atoms with Gasteiger partial charge in [-0.3, -0.25) is 4.98 Å². The topological polar surface area (TPSA) is 22.1 Å². The number of rotatable bonds is 1. The van der Waals surface area contributed by atoms with E-state index in [4.69, 9.17) is 27.9 Å². The van der Waals surface area contributed by atoms with Gasteiger partial charge in [-0.2, -0.15) is 0 Å². The van der Waals surface area contributed by atoms with Crippen LogP contribution in [0.4, 0.5) is 0 Å². The second kappa shape index (κ2) is 3.87. The molecular weight excluding hydrogens is 233 g/mol. The molecule has 0 aliphatic carbocycles. The minimum absolute atomic E-state index is 0.577. The molecular formula is C11H9Cl2NO. The van der Waals surface area contributed by atoms with Crippen LogP contribution in [0.25, 0.3) is 10.9 Å². The Morgan fingerprint density at radius 1 is 1.27 bits per heavy atom. The SMILES string of the molecule is COc1ccc(Cl)c2ncc(C)c(Cl)c12. The van der Waals surface area contributed by atoms with Crippen molar-refractivity contribution in [1.29, 1.82) is 0 Å². The maximum absolute atomic E-state index is 6.20. The Hall–Kier alpha value is -0.990. The fourth-order valence-corrected chi connectivity index (χ4v) is 1.91. The van der Waals surface area contributed by atoms with E-state index in [-0.39, 0.29) is 0 Å². The molecule has 0 fully saturated rings. The first-order valence-electron chi connectivity index (χ1n) is 4.42. The van der Waals surface area contributed by atoms with Gasteiger partial charge in [-0.25, -0.2) is 0 Å². The van der Waals surface area contributed by atoms with Gasteiger partial charge in [-0.1, -0.05) is 23.2 Å². The van der Waals surface area contributed by atoms with E-state index in [0.29, 0.717) is 21.3 Å². The molecule has 0 radical (unpaired) electrons. The number of hydrogen-bond donors (Lipinski definition) is 0. The van der Waals surface area contributed by atoms with Crippen molar-refractivity contribution in [3.8, 4) is 5.75 Å². The fourth-order valence-electron chi connectivity index (χ4n) is 1.47. The van der Waals surface area contributed by atoms with Gasteiger partial charge in [0, 0.05) is 6.20 Å². The number of benzene rings is 1. The summed E-state index contributed by atoms with van der Waals surface area (Å²) in [7, 11) is 1.60. The lowest BCUT2D eigenvalue weighted by atomic mass is 10.1. The van der Waals surface area contributed by atoms with Crippen LogP contribution < -0.4 is 4.74 Å². The van der Waals surface area contributed by atoms with Crippen molar-refractivity contribution < 1.29 is 4.74 Å². The predicted octanol–water partition coefficient (Wildman–Crippen LogP) is 3.86. The zero-order valence-electron chi connectivity index (χ0n) is 8.34. The third-order valence-electron chi connectivity index (χ3n) is 2.26. The Bertz CT molecular complexity index is 525. The quantitative estimate of drug-likeness (QED) is 0.757. The van der Waals surface area contributed by atoms with Gasteiger partial charge >= 0.3 is 0 Å². The Morgan fingerprint density at radius 2 is 2.00 bits per heavy atom. The lowest BCUT2D eigenvalue weighted by molar-refractivity contribution is 0.420. The first kappa shape index (κ1) is 10.5. The summed E-state index contributed by atoms with van der Waals surface area (Å²) < 4.78 is 5.24. The second-order valence-corrected chi connectivity index (χ2v) is 4.01. The summed E-state index contributed by atoms with van der Waals surface area (Å²) in [5.41, 5.74) is 1.58. The number of nitrogens with zero attached hydrogens (tertiary/aromatic N) is 1. The van der Waals surface area contributed by atoms with E-state index in [1.54, 1.807) is 25.4 Å². The zero-order valence-corrected chi connectivity index (χ0v) is 9.86. The molecule has 0 saturated carbocycles. The molecule has 0 bridgehead atoms. The van der Waals surface area contributed by atoms with Crippen molar-refractivity contribution in [2.24, 2.45) is 0 Å². The van der Waals surface area contributed by atoms with E-state index >= 15 is 0 Å². The Kier molecular flexibility index (Phi) is 2.72. The Balaban J connectivity index is 2.95. The van der Waals surface area contributed by atoms with Crippen LogP contribution in [0, 0.1) is 6.92 Å². The molecule has 15 heavy (non-hydrogen) atoms. The van der Waals surface area contributed by atoms with Crippen LogP contribution in [0.2, 0.25) is 10.0 Å². The molecule has 0 unspecified atom stereocenters. The maximum atomic E-state index is 6.20. The Labute approximate surface area is 97.8 Å². The molecule has 0 aliphatic rings. The molecule has 78 valence electrons. The molecule has 1 heterocycles. The smallest absolute Gasteiger partial charge is 0.129 e. The lowest BCUT2D eigenvalue weighted by Crippen LogP contribution is -1.90. The van der Waals surface area contributed by atoms with Gasteiger partial charge < -0.3 is 4.74 Å². The highest BCUT2D eigenvalue weighted by atomic mass is 35.5. The molecule has 2 nitrogen and oxygen atoms in total. The van der Waals surface area contributed by atoms with E-state index < -0.39 is 0 Å². The van der Waals surface area contributed by atoms with Gasteiger partial charge in [0.15, 0.2) is 0 Å². The molecule has 1 aromatic carbocycles. The van der Waals surface area contributed by atoms with E-state index in [0.717, 1.165) is 10.9 Å². The molecule has 2 rings (SSSR count). The van der Waals surface area contributed by atoms with Crippen LogP contribution in [0.3, 0.4) is 0 Å². The normalized spacial score (nSPS) is 10.7. The average molecular weight is 242 g/mol. The van der Waals surface area contributed by atoms with Crippen molar-refractivity contribution in [2.45, 2.75) is 6.92 Å². The molecule has 0 saturated heterocycles. The molecule has 0 amide bonds. The second-order valence-electron chi connectivity index (χ2n) is 3.23. The number of ether oxygens (including phenoxy) is 1. The monoisotopic (exact) mass is 241 g/mol. The van der Waals surface area contributed by atoms with Gasteiger partial charge in [-0.05, 0) is 24.6 Å². The number of aryl methyl sites for hydroxylation is 1. The van der Waals surface area contributed by atoms with Crippen LogP contribution in [-0.4, -0.2) is 12.1 Å². The van der Waals surface area contributed by atoms with Gasteiger partial charge in [-0.15, -0.1) is 0 Å². The largest absolute Gasteiger partial charge is 0.496 e. The summed E-state index contributed by atoms with van der Waals surface area (Å²) in [5, 5.41) is 1.98. The van der Waals surface area contributed by atoms with Crippen molar-refractivity contribution in [1.82, 2.24) is 4.98 Å². The molecule has 0 spiro atoms. The highest BCUT2D eigenvalue weighted by Gasteiger charge is 2.11. The molecule has 0 aliphatic heterocycles. The van der Waals surface area contributed by atoms with Crippen LogP contribution >= 0.6 is 23.2 Å². The predicted molar refractivity (Wildman–Crippen MR) is 63.1 cm³/mol. The Morgan fingerprint density at radius 3 is 2.67 bits per heavy atom. The number of pyridine rings is 1. The summed E-state index contributed by atoms with van der Waals surface area (Å²) in [6, 6.07) is 3.54.